The third-order valence-corrected chi connectivity index (χ3v) is 7.57. The summed E-state index contributed by atoms with van der Waals surface area (Å²) in [5, 5.41) is 13.4. The first kappa shape index (κ1) is 21.8. The van der Waals surface area contributed by atoms with Crippen molar-refractivity contribution >= 4 is 26.9 Å². The number of amides is 1. The fourth-order valence-electron chi connectivity index (χ4n) is 3.74. The van der Waals surface area contributed by atoms with Crippen molar-refractivity contribution in [3.05, 3.63) is 65.2 Å². The molecule has 10 heteroatoms. The number of methoxy groups -OCH3 is 1. The number of ether oxygens (including phenoxy) is 1. The molecular weight excluding hydrogens is 434 g/mol. The van der Waals surface area contributed by atoms with Crippen molar-refractivity contribution in [3.63, 3.8) is 0 Å². The molecule has 168 valence electrons. The van der Waals surface area contributed by atoms with Crippen molar-refractivity contribution in [2.75, 3.05) is 33.3 Å². The van der Waals surface area contributed by atoms with Crippen LogP contribution in [-0.4, -0.2) is 62.0 Å². The van der Waals surface area contributed by atoms with Gasteiger partial charge in [-0.1, -0.05) is 23.4 Å². The average molecular weight is 458 g/mol. The maximum absolute atomic E-state index is 13.1. The molecular formula is C22H23N3O6S. The third-order valence-electron chi connectivity index (χ3n) is 5.51. The van der Waals surface area contributed by atoms with Crippen LogP contribution >= 0.6 is 0 Å². The molecule has 3 aromatic rings. The Balaban J connectivity index is 1.56. The van der Waals surface area contributed by atoms with Crippen LogP contribution in [0.3, 0.4) is 0 Å². The Hall–Kier alpha value is -3.37. The van der Waals surface area contributed by atoms with Gasteiger partial charge in [-0.2, -0.15) is 4.31 Å². The maximum atomic E-state index is 13.1. The van der Waals surface area contributed by atoms with Crippen molar-refractivity contribution in [3.8, 4) is 5.75 Å². The standard InChI is InChI=1S/C22H23N3O6S/c1-15-5-3-4-6-21(15)32(28,29)25-11-9-24(10-12-25)22(26)20-14-18(23-27)17-8-7-16(30-2)13-19(17)31-20/h3-8,13-14,27H,9-12H2,1-2H3/b23-18-. The van der Waals surface area contributed by atoms with Crippen molar-refractivity contribution in [2.24, 2.45) is 5.16 Å². The largest absolute Gasteiger partial charge is 0.497 e. The predicted molar refractivity (Wildman–Crippen MR) is 116 cm³/mol. The number of nitrogens with zero attached hydrogens (tertiary/aromatic N) is 3. The zero-order valence-electron chi connectivity index (χ0n) is 17.7. The Bertz CT molecular complexity index is 1340. The lowest BCUT2D eigenvalue weighted by Crippen LogP contribution is -2.50. The van der Waals surface area contributed by atoms with E-state index in [1.54, 1.807) is 49.4 Å². The van der Waals surface area contributed by atoms with E-state index in [4.69, 9.17) is 9.15 Å². The molecule has 9 nitrogen and oxygen atoms in total. The summed E-state index contributed by atoms with van der Waals surface area (Å²) in [5.74, 6) is 0.117. The SMILES string of the molecule is COc1ccc2/c(=N\O)cc(C(=O)N3CCN(S(=O)(=O)c4ccccc4C)CC3)oc2c1. The van der Waals surface area contributed by atoms with E-state index >= 15 is 0 Å². The lowest BCUT2D eigenvalue weighted by Gasteiger charge is -2.34. The third kappa shape index (κ3) is 3.94. The summed E-state index contributed by atoms with van der Waals surface area (Å²) in [7, 11) is -2.13. The number of aryl methyl sites for hydroxylation is 1. The van der Waals surface area contributed by atoms with Gasteiger partial charge >= 0.3 is 0 Å². The summed E-state index contributed by atoms with van der Waals surface area (Å²) in [5.41, 5.74) is 1.01. The van der Waals surface area contributed by atoms with Crippen LogP contribution in [0.4, 0.5) is 0 Å². The minimum atomic E-state index is -3.64. The summed E-state index contributed by atoms with van der Waals surface area (Å²) >= 11 is 0. The van der Waals surface area contributed by atoms with Crippen molar-refractivity contribution < 1.29 is 27.6 Å². The maximum Gasteiger partial charge on any atom is 0.289 e. The molecule has 2 aromatic carbocycles. The number of hydrogen-bond acceptors (Lipinski definition) is 7. The van der Waals surface area contributed by atoms with Crippen LogP contribution in [-0.2, 0) is 10.0 Å². The fourth-order valence-corrected chi connectivity index (χ4v) is 5.38. The van der Waals surface area contributed by atoms with E-state index in [0.29, 0.717) is 22.3 Å². The molecule has 0 aliphatic carbocycles. The van der Waals surface area contributed by atoms with Gasteiger partial charge in [-0.25, -0.2) is 8.42 Å². The number of sulfonamides is 1. The van der Waals surface area contributed by atoms with Gasteiger partial charge in [0.2, 0.25) is 10.0 Å². The zero-order valence-corrected chi connectivity index (χ0v) is 18.5. The van der Waals surface area contributed by atoms with Gasteiger partial charge in [-0.3, -0.25) is 4.79 Å². The van der Waals surface area contributed by atoms with E-state index in [-0.39, 0.29) is 42.2 Å². The average Bonchev–Trinajstić information content (AvgIpc) is 2.82. The molecule has 1 aliphatic heterocycles. The molecule has 1 aliphatic rings. The first-order valence-corrected chi connectivity index (χ1v) is 11.4. The first-order chi connectivity index (χ1) is 15.3. The number of rotatable bonds is 4. The van der Waals surface area contributed by atoms with Gasteiger partial charge in [0.15, 0.2) is 5.76 Å². The Morgan fingerprint density at radius 2 is 1.81 bits per heavy atom. The van der Waals surface area contributed by atoms with Gasteiger partial charge in [0.1, 0.15) is 16.7 Å². The van der Waals surface area contributed by atoms with Gasteiger partial charge < -0.3 is 19.3 Å². The molecule has 0 radical (unpaired) electrons. The Kier molecular flexibility index (Phi) is 5.90. The Morgan fingerprint density at radius 1 is 1.09 bits per heavy atom. The number of fused-ring (bicyclic) bond motifs is 1. The Labute approximate surface area is 185 Å². The number of piperazine rings is 1. The van der Waals surface area contributed by atoms with E-state index in [1.165, 1.54) is 22.4 Å². The highest BCUT2D eigenvalue weighted by Gasteiger charge is 2.32. The van der Waals surface area contributed by atoms with Crippen LogP contribution in [0.5, 0.6) is 5.75 Å². The van der Waals surface area contributed by atoms with Gasteiger partial charge in [-0.05, 0) is 30.7 Å². The van der Waals surface area contributed by atoms with E-state index in [0.717, 1.165) is 0 Å². The van der Waals surface area contributed by atoms with Crippen molar-refractivity contribution in [2.45, 2.75) is 11.8 Å². The van der Waals surface area contributed by atoms with Crippen LogP contribution in [0.25, 0.3) is 11.0 Å². The molecule has 4 rings (SSSR count). The minimum Gasteiger partial charge on any atom is -0.497 e. The smallest absolute Gasteiger partial charge is 0.289 e. The molecule has 1 N–H and O–H groups in total. The quantitative estimate of drug-likeness (QED) is 0.475. The fraction of sp³-hybridized carbons (Fsp3) is 0.273. The number of hydrogen-bond donors (Lipinski definition) is 1. The van der Waals surface area contributed by atoms with Crippen LogP contribution < -0.4 is 10.1 Å². The summed E-state index contributed by atoms with van der Waals surface area (Å²) in [4.78, 5) is 14.9. The van der Waals surface area contributed by atoms with Crippen LogP contribution in [0.15, 0.2) is 63.0 Å². The molecule has 1 fully saturated rings. The number of carbonyl (C=O) groups is 1. The topological polar surface area (TPSA) is 113 Å². The molecule has 2 heterocycles. The van der Waals surface area contributed by atoms with E-state index in [1.807, 2.05) is 0 Å². The number of benzene rings is 2. The van der Waals surface area contributed by atoms with E-state index in [9.17, 15) is 18.4 Å². The van der Waals surface area contributed by atoms with Gasteiger partial charge in [0, 0.05) is 43.7 Å². The zero-order chi connectivity index (χ0) is 22.9. The van der Waals surface area contributed by atoms with Crippen LogP contribution in [0, 0.1) is 6.92 Å². The highest BCUT2D eigenvalue weighted by molar-refractivity contribution is 7.89. The van der Waals surface area contributed by atoms with E-state index < -0.39 is 15.9 Å². The molecule has 1 aromatic heterocycles. The molecule has 0 spiro atoms. The minimum absolute atomic E-state index is 0.00577. The van der Waals surface area contributed by atoms with Crippen molar-refractivity contribution in [1.82, 2.24) is 9.21 Å². The lowest BCUT2D eigenvalue weighted by atomic mass is 10.2. The molecule has 1 saturated heterocycles. The number of carbonyl (C=O) groups excluding carboxylic acids is 1. The molecule has 0 atom stereocenters. The lowest BCUT2D eigenvalue weighted by molar-refractivity contribution is 0.0666. The second-order valence-electron chi connectivity index (χ2n) is 7.42. The molecule has 1 amide bonds. The Morgan fingerprint density at radius 3 is 2.47 bits per heavy atom. The van der Waals surface area contributed by atoms with Crippen molar-refractivity contribution in [1.29, 1.82) is 0 Å². The highest BCUT2D eigenvalue weighted by Crippen LogP contribution is 2.23. The summed E-state index contributed by atoms with van der Waals surface area (Å²) < 4.78 is 38.3. The molecule has 0 saturated carbocycles. The summed E-state index contributed by atoms with van der Waals surface area (Å²) in [6.07, 6.45) is 0. The monoisotopic (exact) mass is 457 g/mol. The molecule has 0 unspecified atom stereocenters. The van der Waals surface area contributed by atoms with Gasteiger partial charge in [0.05, 0.1) is 12.0 Å². The van der Waals surface area contributed by atoms with Crippen LogP contribution in [0.2, 0.25) is 0 Å². The first-order valence-electron chi connectivity index (χ1n) is 10.00. The van der Waals surface area contributed by atoms with Gasteiger partial charge in [-0.15, -0.1) is 0 Å². The van der Waals surface area contributed by atoms with Gasteiger partial charge in [0.25, 0.3) is 5.91 Å². The summed E-state index contributed by atoms with van der Waals surface area (Å²) in [6.45, 7) is 2.51. The second-order valence-corrected chi connectivity index (χ2v) is 9.33. The second kappa shape index (κ2) is 8.64. The highest BCUT2D eigenvalue weighted by atomic mass is 32.2. The van der Waals surface area contributed by atoms with E-state index in [2.05, 4.69) is 5.16 Å². The molecule has 0 bridgehead atoms. The molecule has 32 heavy (non-hydrogen) atoms. The summed E-state index contributed by atoms with van der Waals surface area (Å²) in [6, 6.07) is 13.2. The normalized spacial score (nSPS) is 15.8. The predicted octanol–water partition coefficient (Wildman–Crippen LogP) is 2.19. The van der Waals surface area contributed by atoms with Crippen LogP contribution in [0.1, 0.15) is 16.1 Å².